The van der Waals surface area contributed by atoms with E-state index >= 15 is 0 Å². The van der Waals surface area contributed by atoms with Crippen molar-refractivity contribution in [2.24, 2.45) is 0 Å². The maximum atomic E-state index is 13.4. The Morgan fingerprint density at radius 3 is 2.56 bits per heavy atom. The average molecular weight is 469 g/mol. The van der Waals surface area contributed by atoms with Crippen LogP contribution in [-0.4, -0.2) is 27.4 Å². The number of amides is 1. The van der Waals surface area contributed by atoms with Gasteiger partial charge in [0.1, 0.15) is 0 Å². The fraction of sp³-hybridized carbons (Fsp3) is 0.240. The molecule has 166 valence electrons. The lowest BCUT2D eigenvalue weighted by atomic mass is 10.0. The van der Waals surface area contributed by atoms with Gasteiger partial charge in [-0.25, -0.2) is 8.42 Å². The number of anilines is 1. The summed E-state index contributed by atoms with van der Waals surface area (Å²) in [5.74, 6) is -0.376. The summed E-state index contributed by atoms with van der Waals surface area (Å²) in [6.45, 7) is 0.878. The zero-order valence-corrected chi connectivity index (χ0v) is 19.2. The standard InChI is InChI=1S/C25H25ClN2O3S/c26-23-15-14-21(32(30,31)28-17-7-12-20-11-4-5-13-24(20)28)18-22(23)25(29)27-16-6-10-19-8-2-1-3-9-19/h1-5,8-9,11,13-15,18H,6-7,10,12,16-17H2,(H,27,29). The molecule has 3 aromatic rings. The van der Waals surface area contributed by atoms with Crippen molar-refractivity contribution in [3.63, 3.8) is 0 Å². The highest BCUT2D eigenvalue weighted by Crippen LogP contribution is 2.32. The minimum atomic E-state index is -3.81. The predicted octanol–water partition coefficient (Wildman–Crippen LogP) is 4.84. The summed E-state index contributed by atoms with van der Waals surface area (Å²) in [5, 5.41) is 3.08. The summed E-state index contributed by atoms with van der Waals surface area (Å²) in [6, 6.07) is 21.9. The van der Waals surface area contributed by atoms with Gasteiger partial charge >= 0.3 is 0 Å². The summed E-state index contributed by atoms with van der Waals surface area (Å²) < 4.78 is 28.2. The molecule has 1 aliphatic rings. The number of halogens is 1. The first kappa shape index (κ1) is 22.4. The Balaban J connectivity index is 1.49. The van der Waals surface area contributed by atoms with Crippen LogP contribution in [0.4, 0.5) is 5.69 Å². The summed E-state index contributed by atoms with van der Waals surface area (Å²) >= 11 is 6.25. The molecule has 0 fully saturated rings. The van der Waals surface area contributed by atoms with Gasteiger partial charge in [0.2, 0.25) is 0 Å². The number of fused-ring (bicyclic) bond motifs is 1. The summed E-state index contributed by atoms with van der Waals surface area (Å²) in [6.07, 6.45) is 3.21. The van der Waals surface area contributed by atoms with Crippen LogP contribution in [0.1, 0.15) is 34.3 Å². The van der Waals surface area contributed by atoms with Crippen molar-refractivity contribution in [2.45, 2.75) is 30.6 Å². The molecule has 0 atom stereocenters. The third-order valence-corrected chi connectivity index (χ3v) is 7.75. The Bertz CT molecular complexity index is 1210. The zero-order valence-electron chi connectivity index (χ0n) is 17.6. The Morgan fingerprint density at radius 2 is 1.75 bits per heavy atom. The molecular weight excluding hydrogens is 444 g/mol. The molecule has 4 rings (SSSR count). The fourth-order valence-corrected chi connectivity index (χ4v) is 5.72. The highest BCUT2D eigenvalue weighted by Gasteiger charge is 2.29. The highest BCUT2D eigenvalue weighted by atomic mass is 35.5. The molecule has 0 spiro atoms. The van der Waals surface area contributed by atoms with Crippen molar-refractivity contribution in [3.8, 4) is 0 Å². The monoisotopic (exact) mass is 468 g/mol. The second-order valence-corrected chi connectivity index (χ2v) is 10.1. The number of hydrogen-bond acceptors (Lipinski definition) is 3. The molecule has 0 radical (unpaired) electrons. The number of rotatable bonds is 7. The topological polar surface area (TPSA) is 66.5 Å². The maximum Gasteiger partial charge on any atom is 0.264 e. The van der Waals surface area contributed by atoms with Crippen LogP contribution >= 0.6 is 11.6 Å². The number of nitrogens with one attached hydrogen (secondary N) is 1. The molecule has 32 heavy (non-hydrogen) atoms. The molecule has 1 heterocycles. The van der Waals surface area contributed by atoms with E-state index in [-0.39, 0.29) is 21.4 Å². The minimum absolute atomic E-state index is 0.0630. The molecule has 7 heteroatoms. The SMILES string of the molecule is O=C(NCCCc1ccccc1)c1cc(S(=O)(=O)N2CCCc3ccccc32)ccc1Cl. The Hall–Kier alpha value is -2.83. The van der Waals surface area contributed by atoms with Gasteiger partial charge in [0.15, 0.2) is 0 Å². The first-order valence-corrected chi connectivity index (χ1v) is 12.5. The molecule has 0 aliphatic carbocycles. The summed E-state index contributed by atoms with van der Waals surface area (Å²) in [7, 11) is -3.81. The van der Waals surface area contributed by atoms with Crippen LogP contribution in [0.15, 0.2) is 77.7 Å². The lowest BCUT2D eigenvalue weighted by Crippen LogP contribution is -2.35. The predicted molar refractivity (Wildman–Crippen MR) is 128 cm³/mol. The van der Waals surface area contributed by atoms with Crippen LogP contribution in [-0.2, 0) is 22.9 Å². The third-order valence-electron chi connectivity index (χ3n) is 5.61. The van der Waals surface area contributed by atoms with Crippen LogP contribution in [0, 0.1) is 0 Å². The molecule has 0 bridgehead atoms. The van der Waals surface area contributed by atoms with Gasteiger partial charge in [-0.05, 0) is 61.1 Å². The van der Waals surface area contributed by atoms with E-state index in [9.17, 15) is 13.2 Å². The molecular formula is C25H25ClN2O3S. The Kier molecular flexibility index (Phi) is 6.82. The summed E-state index contributed by atoms with van der Waals surface area (Å²) in [5.41, 5.74) is 3.07. The third kappa shape index (κ3) is 4.81. The molecule has 3 aromatic carbocycles. The largest absolute Gasteiger partial charge is 0.352 e. The number of sulfonamides is 1. The quantitative estimate of drug-likeness (QED) is 0.504. The second-order valence-electron chi connectivity index (χ2n) is 7.80. The normalized spacial score (nSPS) is 13.5. The van der Waals surface area contributed by atoms with Gasteiger partial charge in [0, 0.05) is 13.1 Å². The van der Waals surface area contributed by atoms with Crippen LogP contribution in [0.2, 0.25) is 5.02 Å². The molecule has 1 aliphatic heterocycles. The maximum absolute atomic E-state index is 13.4. The van der Waals surface area contributed by atoms with Gasteiger partial charge in [-0.3, -0.25) is 9.10 Å². The number of benzene rings is 3. The van der Waals surface area contributed by atoms with Gasteiger partial charge < -0.3 is 5.32 Å². The lowest BCUT2D eigenvalue weighted by Gasteiger charge is -2.30. The van der Waals surface area contributed by atoms with E-state index in [4.69, 9.17) is 11.6 Å². The lowest BCUT2D eigenvalue weighted by molar-refractivity contribution is 0.0953. The number of nitrogens with zero attached hydrogens (tertiary/aromatic N) is 1. The fourth-order valence-electron chi connectivity index (χ4n) is 3.95. The van der Waals surface area contributed by atoms with E-state index in [1.54, 1.807) is 0 Å². The first-order valence-electron chi connectivity index (χ1n) is 10.7. The van der Waals surface area contributed by atoms with Crippen molar-refractivity contribution < 1.29 is 13.2 Å². The van der Waals surface area contributed by atoms with Crippen LogP contribution in [0.5, 0.6) is 0 Å². The molecule has 5 nitrogen and oxygen atoms in total. The van der Waals surface area contributed by atoms with Crippen LogP contribution in [0.25, 0.3) is 0 Å². The van der Waals surface area contributed by atoms with Gasteiger partial charge in [-0.2, -0.15) is 0 Å². The Morgan fingerprint density at radius 1 is 1.00 bits per heavy atom. The number of para-hydroxylation sites is 1. The summed E-state index contributed by atoms with van der Waals surface area (Å²) in [4.78, 5) is 12.8. The smallest absolute Gasteiger partial charge is 0.264 e. The van der Waals surface area contributed by atoms with Crippen molar-refractivity contribution in [1.82, 2.24) is 5.32 Å². The van der Waals surface area contributed by atoms with Crippen LogP contribution in [0.3, 0.4) is 0 Å². The highest BCUT2D eigenvalue weighted by molar-refractivity contribution is 7.92. The van der Waals surface area contributed by atoms with E-state index in [1.807, 2.05) is 54.6 Å². The van der Waals surface area contributed by atoms with Gasteiger partial charge in [-0.15, -0.1) is 0 Å². The molecule has 1 N–H and O–H groups in total. The molecule has 1 amide bonds. The molecule has 0 saturated carbocycles. The number of hydrogen-bond donors (Lipinski definition) is 1. The van der Waals surface area contributed by atoms with E-state index in [0.29, 0.717) is 18.8 Å². The van der Waals surface area contributed by atoms with Gasteiger partial charge in [0.05, 0.1) is 21.2 Å². The Labute approximate surface area is 194 Å². The van der Waals surface area contributed by atoms with Crippen LogP contribution < -0.4 is 9.62 Å². The minimum Gasteiger partial charge on any atom is -0.352 e. The van der Waals surface area contributed by atoms with E-state index in [1.165, 1.54) is 28.1 Å². The van der Waals surface area contributed by atoms with Crippen molar-refractivity contribution in [2.75, 3.05) is 17.4 Å². The molecule has 0 saturated heterocycles. The first-order chi connectivity index (χ1) is 15.5. The molecule has 0 unspecified atom stereocenters. The van der Waals surface area contributed by atoms with E-state index in [0.717, 1.165) is 31.2 Å². The van der Waals surface area contributed by atoms with Gasteiger partial charge in [-0.1, -0.05) is 60.1 Å². The van der Waals surface area contributed by atoms with Crippen molar-refractivity contribution >= 4 is 33.2 Å². The second kappa shape index (κ2) is 9.76. The van der Waals surface area contributed by atoms with Crippen molar-refractivity contribution in [1.29, 1.82) is 0 Å². The van der Waals surface area contributed by atoms with E-state index < -0.39 is 10.0 Å². The number of aryl methyl sites for hydroxylation is 2. The number of carbonyl (C=O) groups is 1. The molecule has 0 aromatic heterocycles. The zero-order chi connectivity index (χ0) is 22.6. The van der Waals surface area contributed by atoms with Gasteiger partial charge in [0.25, 0.3) is 15.9 Å². The van der Waals surface area contributed by atoms with Crippen molar-refractivity contribution in [3.05, 3.63) is 94.5 Å². The van der Waals surface area contributed by atoms with E-state index in [2.05, 4.69) is 5.32 Å². The number of carbonyl (C=O) groups excluding carboxylic acids is 1. The average Bonchev–Trinajstić information content (AvgIpc) is 2.82.